The summed E-state index contributed by atoms with van der Waals surface area (Å²) in [6.45, 7) is 2.98. The molecule has 0 saturated heterocycles. The second kappa shape index (κ2) is 7.86. The third-order valence-corrected chi connectivity index (χ3v) is 4.00. The van der Waals surface area contributed by atoms with E-state index in [1.807, 2.05) is 0 Å². The van der Waals surface area contributed by atoms with E-state index in [4.69, 9.17) is 10.5 Å². The number of esters is 1. The second-order valence-electron chi connectivity index (χ2n) is 5.60. The number of carbonyl (C=O) groups is 1. The summed E-state index contributed by atoms with van der Waals surface area (Å²) in [5, 5.41) is 3.26. The van der Waals surface area contributed by atoms with E-state index in [1.165, 1.54) is 38.3 Å². The molecule has 0 aliphatic heterocycles. The molecule has 2 rings (SSSR count). The predicted molar refractivity (Wildman–Crippen MR) is 84.3 cm³/mol. The summed E-state index contributed by atoms with van der Waals surface area (Å²) >= 11 is 0. The Balaban J connectivity index is 1.82. The molecule has 1 aromatic rings. The van der Waals surface area contributed by atoms with E-state index in [9.17, 15) is 4.79 Å². The van der Waals surface area contributed by atoms with E-state index in [0.717, 1.165) is 18.9 Å². The number of rotatable bonds is 7. The third-order valence-electron chi connectivity index (χ3n) is 4.00. The number of pyridine rings is 1. The molecular formula is C16H25N3O2. The second-order valence-corrected chi connectivity index (χ2v) is 5.60. The molecule has 21 heavy (non-hydrogen) atoms. The number of anilines is 2. The number of nitrogens with one attached hydrogen (secondary N) is 1. The van der Waals surface area contributed by atoms with Crippen LogP contribution in [0.5, 0.6) is 0 Å². The highest BCUT2D eigenvalue weighted by Gasteiger charge is 2.14. The van der Waals surface area contributed by atoms with Crippen LogP contribution < -0.4 is 11.1 Å². The lowest BCUT2D eigenvalue weighted by Gasteiger charge is -2.11. The zero-order chi connectivity index (χ0) is 15.1. The van der Waals surface area contributed by atoms with Gasteiger partial charge in [-0.3, -0.25) is 0 Å². The highest BCUT2D eigenvalue weighted by atomic mass is 16.5. The molecule has 1 saturated carbocycles. The van der Waals surface area contributed by atoms with Crippen molar-refractivity contribution in [1.29, 1.82) is 0 Å². The Morgan fingerprint density at radius 3 is 2.95 bits per heavy atom. The van der Waals surface area contributed by atoms with E-state index < -0.39 is 5.97 Å². The van der Waals surface area contributed by atoms with Crippen LogP contribution in [0, 0.1) is 5.92 Å². The molecule has 0 atom stereocenters. The van der Waals surface area contributed by atoms with Gasteiger partial charge in [0.1, 0.15) is 5.82 Å². The predicted octanol–water partition coefficient (Wildman–Crippen LogP) is 3.22. The first-order valence-corrected chi connectivity index (χ1v) is 7.87. The van der Waals surface area contributed by atoms with E-state index in [0.29, 0.717) is 23.7 Å². The van der Waals surface area contributed by atoms with Gasteiger partial charge in [-0.2, -0.15) is 0 Å². The van der Waals surface area contributed by atoms with Gasteiger partial charge in [0.15, 0.2) is 0 Å². The van der Waals surface area contributed by atoms with Crippen molar-refractivity contribution in [1.82, 2.24) is 4.98 Å². The highest BCUT2D eigenvalue weighted by molar-refractivity contribution is 5.95. The van der Waals surface area contributed by atoms with Gasteiger partial charge in [0.2, 0.25) is 0 Å². The number of nitrogens with zero attached hydrogens (tertiary/aromatic N) is 1. The van der Waals surface area contributed by atoms with Crippen LogP contribution in [0.25, 0.3) is 0 Å². The summed E-state index contributed by atoms with van der Waals surface area (Å²) in [6, 6.07) is 1.67. The number of nitrogens with two attached hydrogens (primary N) is 1. The quantitative estimate of drug-likeness (QED) is 0.596. The van der Waals surface area contributed by atoms with E-state index >= 15 is 0 Å². The van der Waals surface area contributed by atoms with Crippen LogP contribution in [0.3, 0.4) is 0 Å². The average molecular weight is 291 g/mol. The van der Waals surface area contributed by atoms with Gasteiger partial charge in [-0.25, -0.2) is 9.78 Å². The van der Waals surface area contributed by atoms with Crippen LogP contribution in [-0.4, -0.2) is 24.1 Å². The Hall–Kier alpha value is -1.78. The van der Waals surface area contributed by atoms with Crippen LogP contribution in [0.15, 0.2) is 12.3 Å². The number of aromatic nitrogens is 1. The van der Waals surface area contributed by atoms with Crippen LogP contribution in [-0.2, 0) is 4.74 Å². The first kappa shape index (κ1) is 15.6. The number of hydrogen-bond acceptors (Lipinski definition) is 5. The fraction of sp³-hybridized carbons (Fsp3) is 0.625. The topological polar surface area (TPSA) is 77.2 Å². The van der Waals surface area contributed by atoms with E-state index in [2.05, 4.69) is 10.3 Å². The minimum Gasteiger partial charge on any atom is -0.462 e. The monoisotopic (exact) mass is 291 g/mol. The lowest BCUT2D eigenvalue weighted by molar-refractivity contribution is 0.0527. The van der Waals surface area contributed by atoms with Crippen molar-refractivity contribution in [2.45, 2.75) is 45.4 Å². The van der Waals surface area contributed by atoms with Crippen LogP contribution in [0.2, 0.25) is 0 Å². The summed E-state index contributed by atoms with van der Waals surface area (Å²) in [5.41, 5.74) is 6.50. The van der Waals surface area contributed by atoms with Crippen molar-refractivity contribution in [2.75, 3.05) is 24.2 Å². The fourth-order valence-corrected chi connectivity index (χ4v) is 2.85. The number of ether oxygens (including phenoxy) is 1. The minimum atomic E-state index is -0.397. The van der Waals surface area contributed by atoms with Crippen molar-refractivity contribution in [3.63, 3.8) is 0 Å². The molecule has 0 unspecified atom stereocenters. The largest absolute Gasteiger partial charge is 0.462 e. The highest BCUT2D eigenvalue weighted by Crippen LogP contribution is 2.28. The van der Waals surface area contributed by atoms with Crippen LogP contribution in [0.4, 0.5) is 11.5 Å². The summed E-state index contributed by atoms with van der Waals surface area (Å²) in [5.74, 6) is 1.19. The standard InChI is InChI=1S/C16H25N3O2/c1-2-21-16(20)13-10-15(19-11-14(13)17)18-9-5-8-12-6-3-4-7-12/h10-12H,2-9,17H2,1H3,(H,18,19). The van der Waals surface area contributed by atoms with Gasteiger partial charge in [0.05, 0.1) is 24.1 Å². The lowest BCUT2D eigenvalue weighted by Crippen LogP contribution is -2.11. The SMILES string of the molecule is CCOC(=O)c1cc(NCCCC2CCCC2)ncc1N. The molecule has 1 fully saturated rings. The number of carbonyl (C=O) groups excluding carboxylic acids is 1. The Morgan fingerprint density at radius 1 is 1.48 bits per heavy atom. The zero-order valence-electron chi connectivity index (χ0n) is 12.7. The molecule has 0 amide bonds. The van der Waals surface area contributed by atoms with Crippen molar-refractivity contribution >= 4 is 17.5 Å². The molecule has 1 aromatic heterocycles. The Bertz CT molecular complexity index is 471. The summed E-state index contributed by atoms with van der Waals surface area (Å²) < 4.78 is 4.98. The zero-order valence-corrected chi connectivity index (χ0v) is 12.7. The average Bonchev–Trinajstić information content (AvgIpc) is 2.98. The maximum absolute atomic E-state index is 11.8. The van der Waals surface area contributed by atoms with Gasteiger partial charge in [0.25, 0.3) is 0 Å². The normalized spacial score (nSPS) is 15.1. The summed E-state index contributed by atoms with van der Waals surface area (Å²) in [4.78, 5) is 16.0. The lowest BCUT2D eigenvalue weighted by atomic mass is 10.0. The minimum absolute atomic E-state index is 0.338. The molecule has 1 heterocycles. The smallest absolute Gasteiger partial charge is 0.340 e. The number of nitrogen functional groups attached to an aromatic ring is 1. The first-order chi connectivity index (χ1) is 10.2. The Morgan fingerprint density at radius 2 is 2.24 bits per heavy atom. The van der Waals surface area contributed by atoms with Crippen molar-refractivity contribution < 1.29 is 9.53 Å². The van der Waals surface area contributed by atoms with E-state index in [-0.39, 0.29) is 0 Å². The third kappa shape index (κ3) is 4.62. The molecular weight excluding hydrogens is 266 g/mol. The molecule has 116 valence electrons. The molecule has 1 aliphatic carbocycles. The first-order valence-electron chi connectivity index (χ1n) is 7.87. The summed E-state index contributed by atoms with van der Waals surface area (Å²) in [6.07, 6.45) is 9.45. The van der Waals surface area contributed by atoms with Gasteiger partial charge >= 0.3 is 5.97 Å². The fourth-order valence-electron chi connectivity index (χ4n) is 2.85. The van der Waals surface area contributed by atoms with Gasteiger partial charge in [0, 0.05) is 6.54 Å². The Labute approximate surface area is 126 Å². The molecule has 3 N–H and O–H groups in total. The molecule has 5 nitrogen and oxygen atoms in total. The maximum Gasteiger partial charge on any atom is 0.340 e. The van der Waals surface area contributed by atoms with Gasteiger partial charge in [-0.05, 0) is 31.7 Å². The van der Waals surface area contributed by atoms with Crippen LogP contribution in [0.1, 0.15) is 55.8 Å². The molecule has 1 aliphatic rings. The van der Waals surface area contributed by atoms with Crippen molar-refractivity contribution in [3.05, 3.63) is 17.8 Å². The molecule has 0 bridgehead atoms. The van der Waals surface area contributed by atoms with E-state index in [1.54, 1.807) is 13.0 Å². The van der Waals surface area contributed by atoms with Gasteiger partial charge < -0.3 is 15.8 Å². The van der Waals surface area contributed by atoms with Crippen molar-refractivity contribution in [2.24, 2.45) is 5.92 Å². The van der Waals surface area contributed by atoms with Crippen molar-refractivity contribution in [3.8, 4) is 0 Å². The molecule has 0 spiro atoms. The molecule has 5 heteroatoms. The van der Waals surface area contributed by atoms with Gasteiger partial charge in [-0.1, -0.05) is 25.7 Å². The molecule has 0 radical (unpaired) electrons. The number of hydrogen-bond donors (Lipinski definition) is 2. The maximum atomic E-state index is 11.8. The summed E-state index contributed by atoms with van der Waals surface area (Å²) in [7, 11) is 0. The Kier molecular flexibility index (Phi) is 5.84. The molecule has 0 aromatic carbocycles. The van der Waals surface area contributed by atoms with Crippen LogP contribution >= 0.6 is 0 Å². The van der Waals surface area contributed by atoms with Gasteiger partial charge in [-0.15, -0.1) is 0 Å².